The number of aliphatic carboxylic acids is 1. The summed E-state index contributed by atoms with van der Waals surface area (Å²) in [5, 5.41) is 14.7. The lowest BCUT2D eigenvalue weighted by molar-refractivity contribution is -0.147. The fourth-order valence-corrected chi connectivity index (χ4v) is 1.86. The molecule has 2 N–H and O–H groups in total. The van der Waals surface area contributed by atoms with Gasteiger partial charge in [-0.05, 0) is 39.6 Å². The molecule has 0 aromatic heterocycles. The van der Waals surface area contributed by atoms with Gasteiger partial charge in [-0.25, -0.2) is 0 Å². The number of carbonyl (C=O) groups excluding carboxylic acids is 1. The van der Waals surface area contributed by atoms with E-state index in [0.29, 0.717) is 6.42 Å². The van der Waals surface area contributed by atoms with Gasteiger partial charge in [-0.1, -0.05) is 5.11 Å². The van der Waals surface area contributed by atoms with E-state index in [2.05, 4.69) is 24.6 Å². The van der Waals surface area contributed by atoms with Crippen molar-refractivity contribution in [3.63, 3.8) is 0 Å². The van der Waals surface area contributed by atoms with Gasteiger partial charge in [0, 0.05) is 17.2 Å². The fraction of sp³-hybridized carbons (Fsp3) is 0.857. The molecule has 0 aliphatic carbocycles. The molecule has 24 heavy (non-hydrogen) atoms. The topological polar surface area (TPSA) is 134 Å². The molecule has 0 rings (SSSR count). The molecule has 0 aliphatic rings. The molecular formula is C14H27N4O5P. The third kappa shape index (κ3) is 10.4. The number of hydrogen-bond acceptors (Lipinski definition) is 5. The third-order valence-corrected chi connectivity index (χ3v) is 3.56. The van der Waals surface area contributed by atoms with E-state index in [-0.39, 0.29) is 37.9 Å². The Hall–Kier alpha value is -1.40. The number of carboxylic acid groups (broad SMARTS) is 1. The average molecular weight is 362 g/mol. The zero-order chi connectivity index (χ0) is 18.8. The average Bonchev–Trinajstić information content (AvgIpc) is 2.43. The molecule has 138 valence electrons. The summed E-state index contributed by atoms with van der Waals surface area (Å²) in [5.74, 6) is -1.60. The standard InChI is InChI=1S/C14H27N4O5P/c1-13(2,22-7-5-11(19)20)6-8-23-14(3,4)12(21)17-10(24)9-16-18-15/h10H,5-9,24H2,1-4H3,(H,17,21)(H,19,20). The van der Waals surface area contributed by atoms with E-state index >= 15 is 0 Å². The molecule has 0 heterocycles. The summed E-state index contributed by atoms with van der Waals surface area (Å²) in [6.45, 7) is 7.50. The molecule has 0 saturated heterocycles. The van der Waals surface area contributed by atoms with Gasteiger partial charge >= 0.3 is 5.97 Å². The molecular weight excluding hydrogens is 335 g/mol. The second-order valence-electron chi connectivity index (χ2n) is 6.35. The molecule has 9 nitrogen and oxygen atoms in total. The Balaban J connectivity index is 4.27. The largest absolute Gasteiger partial charge is 0.481 e. The number of rotatable bonds is 12. The summed E-state index contributed by atoms with van der Waals surface area (Å²) in [6.07, 6.45) is 0.450. The van der Waals surface area contributed by atoms with Crippen LogP contribution in [0.15, 0.2) is 5.11 Å². The van der Waals surface area contributed by atoms with Crippen LogP contribution in [-0.2, 0) is 19.1 Å². The Bertz CT molecular complexity index is 478. The van der Waals surface area contributed by atoms with Gasteiger partial charge in [0.05, 0.1) is 25.2 Å². The summed E-state index contributed by atoms with van der Waals surface area (Å²) < 4.78 is 11.2. The second kappa shape index (κ2) is 10.5. The van der Waals surface area contributed by atoms with Gasteiger partial charge in [-0.15, -0.1) is 9.24 Å². The highest BCUT2D eigenvalue weighted by Gasteiger charge is 2.30. The number of nitrogens with zero attached hydrogens (tertiary/aromatic N) is 3. The van der Waals surface area contributed by atoms with Gasteiger partial charge in [0.1, 0.15) is 5.60 Å². The maximum absolute atomic E-state index is 12.2. The Morgan fingerprint density at radius 1 is 1.29 bits per heavy atom. The van der Waals surface area contributed by atoms with Crippen LogP contribution in [-0.4, -0.2) is 53.7 Å². The first kappa shape index (κ1) is 22.6. The fourth-order valence-electron chi connectivity index (χ4n) is 1.62. The molecule has 2 atom stereocenters. The second-order valence-corrected chi connectivity index (χ2v) is 7.16. The lowest BCUT2D eigenvalue weighted by Crippen LogP contribution is -2.48. The molecule has 10 heteroatoms. The third-order valence-electron chi connectivity index (χ3n) is 3.18. The molecule has 0 bridgehead atoms. The van der Waals surface area contributed by atoms with E-state index < -0.39 is 17.2 Å². The van der Waals surface area contributed by atoms with Crippen molar-refractivity contribution in [1.29, 1.82) is 0 Å². The van der Waals surface area contributed by atoms with E-state index in [4.69, 9.17) is 20.1 Å². The summed E-state index contributed by atoms with van der Waals surface area (Å²) in [6, 6.07) is 0. The first-order valence-electron chi connectivity index (χ1n) is 7.57. The Labute approximate surface area is 144 Å². The van der Waals surface area contributed by atoms with Crippen molar-refractivity contribution in [2.24, 2.45) is 5.11 Å². The van der Waals surface area contributed by atoms with Crippen molar-refractivity contribution in [3.8, 4) is 0 Å². The Kier molecular flexibility index (Phi) is 9.85. The highest BCUT2D eigenvalue weighted by molar-refractivity contribution is 7.17. The van der Waals surface area contributed by atoms with Crippen LogP contribution in [0.1, 0.15) is 40.5 Å². The molecule has 0 saturated carbocycles. The van der Waals surface area contributed by atoms with Gasteiger partial charge in [-0.2, -0.15) is 0 Å². The summed E-state index contributed by atoms with van der Waals surface area (Å²) >= 11 is 0. The van der Waals surface area contributed by atoms with Crippen molar-refractivity contribution in [2.75, 3.05) is 19.8 Å². The lowest BCUT2D eigenvalue weighted by Gasteiger charge is -2.29. The van der Waals surface area contributed by atoms with Gasteiger partial charge in [0.25, 0.3) is 5.91 Å². The van der Waals surface area contributed by atoms with Crippen LogP contribution in [0.3, 0.4) is 0 Å². The zero-order valence-corrected chi connectivity index (χ0v) is 15.8. The van der Waals surface area contributed by atoms with Crippen LogP contribution < -0.4 is 5.32 Å². The van der Waals surface area contributed by atoms with Gasteiger partial charge in [-0.3, -0.25) is 9.59 Å². The van der Waals surface area contributed by atoms with Crippen molar-refractivity contribution in [2.45, 2.75) is 57.5 Å². The van der Waals surface area contributed by atoms with Crippen LogP contribution in [0.5, 0.6) is 0 Å². The number of azide groups is 1. The smallest absolute Gasteiger partial charge is 0.305 e. The lowest BCUT2D eigenvalue weighted by atomic mass is 10.0. The maximum Gasteiger partial charge on any atom is 0.305 e. The highest BCUT2D eigenvalue weighted by Crippen LogP contribution is 2.18. The molecule has 1 amide bonds. The van der Waals surface area contributed by atoms with E-state index in [1.54, 1.807) is 13.8 Å². The highest BCUT2D eigenvalue weighted by atomic mass is 31.0. The summed E-state index contributed by atoms with van der Waals surface area (Å²) in [7, 11) is 2.38. The van der Waals surface area contributed by atoms with E-state index in [0.717, 1.165) is 0 Å². The number of ether oxygens (including phenoxy) is 2. The van der Waals surface area contributed by atoms with Crippen LogP contribution in [0.25, 0.3) is 10.4 Å². The SMILES string of the molecule is CC(C)(CCOC(C)(C)C(=O)NC(P)CN=[N+]=[N-])OCCC(=O)O. The van der Waals surface area contributed by atoms with Crippen LogP contribution in [0.2, 0.25) is 0 Å². The van der Waals surface area contributed by atoms with Crippen molar-refractivity contribution >= 4 is 21.1 Å². The Morgan fingerprint density at radius 3 is 2.46 bits per heavy atom. The molecule has 0 aromatic rings. The first-order chi connectivity index (χ1) is 11.0. The number of carboxylic acids is 1. The molecule has 0 aliphatic heterocycles. The van der Waals surface area contributed by atoms with Crippen molar-refractivity contribution < 1.29 is 24.2 Å². The van der Waals surface area contributed by atoms with Gasteiger partial charge in [0.15, 0.2) is 0 Å². The molecule has 0 spiro atoms. The summed E-state index contributed by atoms with van der Waals surface area (Å²) in [5.41, 5.74) is 6.66. The Morgan fingerprint density at radius 2 is 1.92 bits per heavy atom. The minimum absolute atomic E-state index is 0.0566. The van der Waals surface area contributed by atoms with Gasteiger partial charge in [0.2, 0.25) is 0 Å². The number of nitrogens with one attached hydrogen (secondary N) is 1. The van der Waals surface area contributed by atoms with Crippen molar-refractivity contribution in [1.82, 2.24) is 5.32 Å². The number of carbonyl (C=O) groups is 2. The van der Waals surface area contributed by atoms with E-state index in [9.17, 15) is 9.59 Å². The van der Waals surface area contributed by atoms with Crippen LogP contribution in [0.4, 0.5) is 0 Å². The molecule has 0 aromatic carbocycles. The predicted octanol–water partition coefficient (Wildman–Crippen LogP) is 2.07. The predicted molar refractivity (Wildman–Crippen MR) is 92.6 cm³/mol. The maximum atomic E-state index is 12.2. The monoisotopic (exact) mass is 362 g/mol. The van der Waals surface area contributed by atoms with E-state index in [1.807, 2.05) is 13.8 Å². The van der Waals surface area contributed by atoms with Crippen LogP contribution >= 0.6 is 9.24 Å². The molecule has 0 fully saturated rings. The van der Waals surface area contributed by atoms with E-state index in [1.165, 1.54) is 0 Å². The summed E-state index contributed by atoms with van der Waals surface area (Å²) in [4.78, 5) is 25.3. The van der Waals surface area contributed by atoms with Crippen molar-refractivity contribution in [3.05, 3.63) is 10.4 Å². The molecule has 2 unspecified atom stereocenters. The van der Waals surface area contributed by atoms with Crippen LogP contribution in [0, 0.1) is 0 Å². The number of amides is 1. The number of hydrogen-bond donors (Lipinski definition) is 2. The quantitative estimate of drug-likeness (QED) is 0.237. The first-order valence-corrected chi connectivity index (χ1v) is 8.24. The van der Waals surface area contributed by atoms with Gasteiger partial charge < -0.3 is 19.9 Å². The zero-order valence-electron chi connectivity index (χ0n) is 14.6. The normalized spacial score (nSPS) is 13.0. The minimum Gasteiger partial charge on any atom is -0.481 e. The molecule has 0 radical (unpaired) electrons. The minimum atomic E-state index is -1.05.